The van der Waals surface area contributed by atoms with Gasteiger partial charge in [-0.05, 0) is 30.7 Å². The summed E-state index contributed by atoms with van der Waals surface area (Å²) in [6, 6.07) is 8.74. The first-order valence-corrected chi connectivity index (χ1v) is 7.30. The Morgan fingerprint density at radius 2 is 1.94 bits per heavy atom. The van der Waals surface area contributed by atoms with Crippen molar-refractivity contribution < 1.29 is 8.42 Å². The van der Waals surface area contributed by atoms with Gasteiger partial charge in [0.05, 0.1) is 16.9 Å². The number of nitriles is 1. The van der Waals surface area contributed by atoms with Crippen LogP contribution in [0.1, 0.15) is 13.3 Å². The Bertz CT molecular complexity index is 500. The van der Waals surface area contributed by atoms with Crippen LogP contribution >= 0.6 is 0 Å². The number of rotatable bonds is 5. The Labute approximate surface area is 102 Å². The minimum absolute atomic E-state index is 0.0235. The summed E-state index contributed by atoms with van der Waals surface area (Å²) >= 11 is 0. The van der Waals surface area contributed by atoms with Gasteiger partial charge in [0.2, 0.25) is 0 Å². The third-order valence-corrected chi connectivity index (χ3v) is 3.64. The quantitative estimate of drug-likeness (QED) is 0.870. The molecule has 0 aliphatic heterocycles. The van der Waals surface area contributed by atoms with E-state index in [-0.39, 0.29) is 5.92 Å². The molecule has 0 saturated carbocycles. The Morgan fingerprint density at radius 3 is 2.35 bits per heavy atom. The first-order valence-electron chi connectivity index (χ1n) is 5.41. The Hall–Kier alpha value is -1.54. The molecule has 0 fully saturated rings. The van der Waals surface area contributed by atoms with E-state index in [1.54, 1.807) is 24.3 Å². The van der Waals surface area contributed by atoms with Crippen molar-refractivity contribution in [2.45, 2.75) is 18.2 Å². The number of benzene rings is 1. The molecule has 1 N–H and O–H groups in total. The van der Waals surface area contributed by atoms with E-state index in [1.165, 1.54) is 6.26 Å². The van der Waals surface area contributed by atoms with Crippen LogP contribution in [0.5, 0.6) is 0 Å². The van der Waals surface area contributed by atoms with E-state index >= 15 is 0 Å². The summed E-state index contributed by atoms with van der Waals surface area (Å²) in [5.41, 5.74) is 0.825. The standard InChI is InChI=1S/C12H16N2O2S/c1-3-10(8-13)9-14-11-4-6-12(7-5-11)17(2,15)16/h4-7,10,14H,3,9H2,1-2H3. The third-order valence-electron chi connectivity index (χ3n) is 2.51. The highest BCUT2D eigenvalue weighted by Crippen LogP contribution is 2.14. The molecule has 1 aromatic carbocycles. The molecule has 1 unspecified atom stereocenters. The van der Waals surface area contributed by atoms with E-state index in [1.807, 2.05) is 6.92 Å². The van der Waals surface area contributed by atoms with E-state index in [4.69, 9.17) is 5.26 Å². The second-order valence-corrected chi connectivity index (χ2v) is 5.93. The Morgan fingerprint density at radius 1 is 1.35 bits per heavy atom. The lowest BCUT2D eigenvalue weighted by Crippen LogP contribution is -2.11. The highest BCUT2D eigenvalue weighted by molar-refractivity contribution is 7.90. The lowest BCUT2D eigenvalue weighted by atomic mass is 10.1. The van der Waals surface area contributed by atoms with E-state index in [0.29, 0.717) is 11.4 Å². The molecule has 4 nitrogen and oxygen atoms in total. The maximum Gasteiger partial charge on any atom is 0.175 e. The van der Waals surface area contributed by atoms with Crippen LogP contribution in [0.15, 0.2) is 29.2 Å². The maximum atomic E-state index is 11.2. The van der Waals surface area contributed by atoms with E-state index in [0.717, 1.165) is 12.1 Å². The highest BCUT2D eigenvalue weighted by Gasteiger charge is 2.07. The molecule has 0 heterocycles. The fraction of sp³-hybridized carbons (Fsp3) is 0.417. The fourth-order valence-corrected chi connectivity index (χ4v) is 1.97. The number of nitrogens with one attached hydrogen (secondary N) is 1. The van der Waals surface area contributed by atoms with E-state index in [9.17, 15) is 8.42 Å². The fourth-order valence-electron chi connectivity index (χ4n) is 1.34. The normalized spacial score (nSPS) is 12.8. The number of hydrogen-bond donors (Lipinski definition) is 1. The molecule has 0 aliphatic carbocycles. The average molecular weight is 252 g/mol. The first kappa shape index (κ1) is 13.5. The van der Waals surface area contributed by atoms with Crippen molar-refractivity contribution in [3.63, 3.8) is 0 Å². The van der Waals surface area contributed by atoms with E-state index < -0.39 is 9.84 Å². The second kappa shape index (κ2) is 5.69. The molecule has 17 heavy (non-hydrogen) atoms. The largest absolute Gasteiger partial charge is 0.384 e. The molecular formula is C12H16N2O2S. The van der Waals surface area contributed by atoms with Crippen LogP contribution in [-0.4, -0.2) is 21.2 Å². The summed E-state index contributed by atoms with van der Waals surface area (Å²) in [4.78, 5) is 0.301. The first-order chi connectivity index (χ1) is 7.97. The van der Waals surface area contributed by atoms with Crippen molar-refractivity contribution in [1.29, 1.82) is 5.26 Å². The lowest BCUT2D eigenvalue weighted by Gasteiger charge is -2.09. The zero-order valence-electron chi connectivity index (χ0n) is 9.97. The van der Waals surface area contributed by atoms with Gasteiger partial charge in [-0.25, -0.2) is 8.42 Å². The van der Waals surface area contributed by atoms with Crippen LogP contribution in [0.4, 0.5) is 5.69 Å². The number of nitrogens with zero attached hydrogens (tertiary/aromatic N) is 1. The SMILES string of the molecule is CCC(C#N)CNc1ccc(S(C)(=O)=O)cc1. The molecular weight excluding hydrogens is 236 g/mol. The van der Waals surface area contributed by atoms with Crippen LogP contribution in [0.2, 0.25) is 0 Å². The topological polar surface area (TPSA) is 70.0 Å². The molecule has 1 atom stereocenters. The second-order valence-electron chi connectivity index (χ2n) is 3.91. The van der Waals surface area contributed by atoms with Gasteiger partial charge in [0.1, 0.15) is 0 Å². The average Bonchev–Trinajstić information content (AvgIpc) is 2.30. The van der Waals surface area contributed by atoms with Crippen LogP contribution in [0.3, 0.4) is 0 Å². The molecule has 92 valence electrons. The summed E-state index contributed by atoms with van der Waals surface area (Å²) in [6.45, 7) is 2.54. The van der Waals surface area contributed by atoms with Crippen molar-refractivity contribution >= 4 is 15.5 Å². The summed E-state index contributed by atoms with van der Waals surface area (Å²) in [5.74, 6) is -0.0235. The van der Waals surface area contributed by atoms with Crippen LogP contribution in [0.25, 0.3) is 0 Å². The summed E-state index contributed by atoms with van der Waals surface area (Å²) in [6.07, 6.45) is 1.98. The summed E-state index contributed by atoms with van der Waals surface area (Å²) in [5, 5.41) is 11.9. The molecule has 0 spiro atoms. The molecule has 1 rings (SSSR count). The number of sulfone groups is 1. The molecule has 5 heteroatoms. The smallest absolute Gasteiger partial charge is 0.175 e. The molecule has 0 bridgehead atoms. The van der Waals surface area contributed by atoms with Crippen molar-refractivity contribution in [1.82, 2.24) is 0 Å². The summed E-state index contributed by atoms with van der Waals surface area (Å²) < 4.78 is 22.5. The zero-order chi connectivity index (χ0) is 12.9. The molecule has 0 aliphatic rings. The zero-order valence-corrected chi connectivity index (χ0v) is 10.8. The van der Waals surface area contributed by atoms with Crippen molar-refractivity contribution in [2.75, 3.05) is 18.1 Å². The monoisotopic (exact) mass is 252 g/mol. The molecule has 1 aromatic rings. The Kier molecular flexibility index (Phi) is 4.53. The lowest BCUT2D eigenvalue weighted by molar-refractivity contribution is 0.602. The molecule has 0 radical (unpaired) electrons. The predicted octanol–water partition coefficient (Wildman–Crippen LogP) is 2.05. The van der Waals surface area contributed by atoms with Gasteiger partial charge in [-0.15, -0.1) is 0 Å². The molecule has 0 amide bonds. The Balaban J connectivity index is 2.67. The van der Waals surface area contributed by atoms with Gasteiger partial charge in [0.15, 0.2) is 9.84 Å². The van der Waals surface area contributed by atoms with Gasteiger partial charge in [0, 0.05) is 18.5 Å². The van der Waals surface area contributed by atoms with Gasteiger partial charge in [0.25, 0.3) is 0 Å². The van der Waals surface area contributed by atoms with Crippen molar-refractivity contribution in [3.05, 3.63) is 24.3 Å². The van der Waals surface area contributed by atoms with Crippen molar-refractivity contribution in [2.24, 2.45) is 5.92 Å². The molecule has 0 saturated heterocycles. The van der Waals surface area contributed by atoms with Crippen LogP contribution in [-0.2, 0) is 9.84 Å². The minimum Gasteiger partial charge on any atom is -0.384 e. The maximum absolute atomic E-state index is 11.2. The van der Waals surface area contributed by atoms with Gasteiger partial charge in [-0.3, -0.25) is 0 Å². The third kappa shape index (κ3) is 4.08. The van der Waals surface area contributed by atoms with E-state index in [2.05, 4.69) is 11.4 Å². The number of hydrogen-bond acceptors (Lipinski definition) is 4. The molecule has 0 aromatic heterocycles. The van der Waals surface area contributed by atoms with Gasteiger partial charge in [-0.1, -0.05) is 6.92 Å². The number of anilines is 1. The van der Waals surface area contributed by atoms with Crippen LogP contribution in [0, 0.1) is 17.2 Å². The van der Waals surface area contributed by atoms with Gasteiger partial charge < -0.3 is 5.32 Å². The van der Waals surface area contributed by atoms with Crippen molar-refractivity contribution in [3.8, 4) is 6.07 Å². The van der Waals surface area contributed by atoms with Gasteiger partial charge in [-0.2, -0.15) is 5.26 Å². The summed E-state index contributed by atoms with van der Waals surface area (Å²) in [7, 11) is -3.14. The van der Waals surface area contributed by atoms with Crippen LogP contribution < -0.4 is 5.32 Å². The highest BCUT2D eigenvalue weighted by atomic mass is 32.2. The predicted molar refractivity (Wildman–Crippen MR) is 67.4 cm³/mol. The minimum atomic E-state index is -3.14. The van der Waals surface area contributed by atoms with Gasteiger partial charge >= 0.3 is 0 Å².